The van der Waals surface area contributed by atoms with E-state index in [-0.39, 0.29) is 5.41 Å². The minimum absolute atomic E-state index is 0.131. The van der Waals surface area contributed by atoms with Crippen LogP contribution in [0.2, 0.25) is 0 Å². The van der Waals surface area contributed by atoms with E-state index < -0.39 is 8.69 Å². The number of hydrogen-bond donors (Lipinski definition) is 1. The minimum Gasteiger partial charge on any atom is -0.424 e. The van der Waals surface area contributed by atoms with Gasteiger partial charge in [0.1, 0.15) is 5.75 Å². The lowest BCUT2D eigenvalue weighted by Gasteiger charge is -2.22. The molecule has 84 valence electrons. The molecule has 0 bridgehead atoms. The van der Waals surface area contributed by atoms with E-state index in [1.807, 2.05) is 39.8 Å². The average molecular weight is 230 g/mol. The molecule has 1 rings (SSSR count). The molecule has 0 spiro atoms. The van der Waals surface area contributed by atoms with Crippen molar-refractivity contribution in [1.29, 1.82) is 0 Å². The second-order valence-electron chi connectivity index (χ2n) is 4.57. The standard InChI is InChI=1S/C11H16FO2P/c1-8-5-6-9(11(2,3)4)10(7-8)14-15(12)13/h5-7,13H,1-4H3. The Labute approximate surface area is 91.1 Å². The van der Waals surface area contributed by atoms with E-state index in [0.29, 0.717) is 5.75 Å². The van der Waals surface area contributed by atoms with Gasteiger partial charge in [0, 0.05) is 5.56 Å². The molecule has 0 radical (unpaired) electrons. The van der Waals surface area contributed by atoms with Gasteiger partial charge in [0.2, 0.25) is 0 Å². The van der Waals surface area contributed by atoms with Crippen molar-refractivity contribution in [1.82, 2.24) is 0 Å². The fourth-order valence-corrected chi connectivity index (χ4v) is 1.72. The largest absolute Gasteiger partial charge is 0.436 e. The molecule has 0 aliphatic rings. The van der Waals surface area contributed by atoms with Gasteiger partial charge in [-0.25, -0.2) is 0 Å². The SMILES string of the molecule is Cc1ccc(C(C)(C)C)c(OP(O)F)c1. The second kappa shape index (κ2) is 4.46. The first-order chi connectivity index (χ1) is 6.80. The predicted octanol–water partition coefficient (Wildman–Crippen LogP) is 3.86. The smallest absolute Gasteiger partial charge is 0.424 e. The molecule has 1 atom stereocenters. The number of aryl methyl sites for hydroxylation is 1. The van der Waals surface area contributed by atoms with Crippen LogP contribution in [0.1, 0.15) is 31.9 Å². The van der Waals surface area contributed by atoms with Gasteiger partial charge in [-0.1, -0.05) is 32.9 Å². The monoisotopic (exact) mass is 230 g/mol. The Morgan fingerprint density at radius 3 is 2.40 bits per heavy atom. The minimum atomic E-state index is -2.85. The van der Waals surface area contributed by atoms with E-state index >= 15 is 0 Å². The maximum Gasteiger partial charge on any atom is 0.436 e. The molecule has 0 heterocycles. The van der Waals surface area contributed by atoms with Crippen LogP contribution in [0.5, 0.6) is 5.75 Å². The first-order valence-corrected chi connectivity index (χ1v) is 5.85. The van der Waals surface area contributed by atoms with Crippen molar-refractivity contribution in [3.05, 3.63) is 29.3 Å². The molecule has 1 aromatic carbocycles. The lowest BCUT2D eigenvalue weighted by Crippen LogP contribution is -2.12. The molecule has 15 heavy (non-hydrogen) atoms. The van der Waals surface area contributed by atoms with Crippen LogP contribution in [0, 0.1) is 6.92 Å². The van der Waals surface area contributed by atoms with Crippen molar-refractivity contribution < 1.29 is 13.6 Å². The van der Waals surface area contributed by atoms with Gasteiger partial charge in [-0.15, -0.1) is 4.20 Å². The van der Waals surface area contributed by atoms with Crippen LogP contribution in [-0.4, -0.2) is 4.89 Å². The van der Waals surface area contributed by atoms with Gasteiger partial charge in [0.15, 0.2) is 0 Å². The molecule has 4 heteroatoms. The second-order valence-corrected chi connectivity index (χ2v) is 5.20. The molecule has 0 aromatic heterocycles. The van der Waals surface area contributed by atoms with Gasteiger partial charge in [0.05, 0.1) is 0 Å². The highest BCUT2D eigenvalue weighted by atomic mass is 31.2. The Balaban J connectivity index is 3.15. The summed E-state index contributed by atoms with van der Waals surface area (Å²) >= 11 is 0. The van der Waals surface area contributed by atoms with Crippen molar-refractivity contribution in [2.24, 2.45) is 0 Å². The lowest BCUT2D eigenvalue weighted by molar-refractivity contribution is 0.423. The summed E-state index contributed by atoms with van der Waals surface area (Å²) in [5.41, 5.74) is 1.75. The van der Waals surface area contributed by atoms with E-state index in [1.165, 1.54) is 0 Å². The zero-order chi connectivity index (χ0) is 11.6. The predicted molar refractivity (Wildman–Crippen MR) is 60.8 cm³/mol. The summed E-state index contributed by atoms with van der Waals surface area (Å²) in [6.07, 6.45) is 0. The summed E-state index contributed by atoms with van der Waals surface area (Å²) in [5.74, 6) is 0.429. The molecule has 2 nitrogen and oxygen atoms in total. The normalized spacial score (nSPS) is 13.7. The molecular formula is C11H16FO2P. The molecule has 0 saturated carbocycles. The van der Waals surface area contributed by atoms with Crippen LogP contribution in [0.3, 0.4) is 0 Å². The molecule has 0 saturated heterocycles. The van der Waals surface area contributed by atoms with Crippen LogP contribution >= 0.6 is 8.69 Å². The molecular weight excluding hydrogens is 214 g/mol. The molecule has 0 aliphatic carbocycles. The van der Waals surface area contributed by atoms with Gasteiger partial charge in [0.25, 0.3) is 0 Å². The topological polar surface area (TPSA) is 29.5 Å². The maximum absolute atomic E-state index is 12.5. The lowest BCUT2D eigenvalue weighted by atomic mass is 9.86. The van der Waals surface area contributed by atoms with Crippen molar-refractivity contribution in [2.75, 3.05) is 0 Å². The van der Waals surface area contributed by atoms with Crippen molar-refractivity contribution >= 4 is 8.69 Å². The van der Waals surface area contributed by atoms with Gasteiger partial charge in [-0.3, -0.25) is 0 Å². The molecule has 0 amide bonds. The third kappa shape index (κ3) is 3.44. The van der Waals surface area contributed by atoms with Crippen molar-refractivity contribution in [2.45, 2.75) is 33.1 Å². The highest BCUT2D eigenvalue weighted by molar-refractivity contribution is 7.40. The van der Waals surface area contributed by atoms with E-state index in [0.717, 1.165) is 11.1 Å². The third-order valence-corrected chi connectivity index (χ3v) is 2.47. The van der Waals surface area contributed by atoms with E-state index in [1.54, 1.807) is 6.07 Å². The number of benzene rings is 1. The summed E-state index contributed by atoms with van der Waals surface area (Å²) < 4.78 is 17.3. The number of hydrogen-bond acceptors (Lipinski definition) is 2. The Hall–Kier alpha value is -0.660. The third-order valence-electron chi connectivity index (χ3n) is 2.12. The highest BCUT2D eigenvalue weighted by Crippen LogP contribution is 2.40. The average Bonchev–Trinajstić information content (AvgIpc) is 1.99. The zero-order valence-electron chi connectivity index (χ0n) is 9.41. The van der Waals surface area contributed by atoms with Crippen molar-refractivity contribution in [3.8, 4) is 5.75 Å². The van der Waals surface area contributed by atoms with Crippen LogP contribution in [0.25, 0.3) is 0 Å². The summed E-state index contributed by atoms with van der Waals surface area (Å²) in [5, 5.41) is 0. The maximum atomic E-state index is 12.5. The van der Waals surface area contributed by atoms with E-state index in [4.69, 9.17) is 9.42 Å². The molecule has 1 N–H and O–H groups in total. The molecule has 1 aromatic rings. The Morgan fingerprint density at radius 2 is 1.93 bits per heavy atom. The number of halogens is 1. The summed E-state index contributed by atoms with van der Waals surface area (Å²) in [6.45, 7) is 7.95. The Morgan fingerprint density at radius 1 is 1.33 bits per heavy atom. The van der Waals surface area contributed by atoms with E-state index in [2.05, 4.69) is 0 Å². The Bertz CT molecular complexity index is 345. The van der Waals surface area contributed by atoms with Gasteiger partial charge >= 0.3 is 8.69 Å². The van der Waals surface area contributed by atoms with Gasteiger partial charge in [-0.2, -0.15) is 0 Å². The fraction of sp³-hybridized carbons (Fsp3) is 0.455. The highest BCUT2D eigenvalue weighted by Gasteiger charge is 2.20. The van der Waals surface area contributed by atoms with Crippen molar-refractivity contribution in [3.63, 3.8) is 0 Å². The van der Waals surface area contributed by atoms with E-state index in [9.17, 15) is 4.20 Å². The first kappa shape index (κ1) is 12.4. The molecule has 0 fully saturated rings. The Kier molecular flexibility index (Phi) is 3.69. The molecule has 0 aliphatic heterocycles. The van der Waals surface area contributed by atoms with Crippen LogP contribution < -0.4 is 4.52 Å². The first-order valence-electron chi connectivity index (χ1n) is 4.74. The van der Waals surface area contributed by atoms with Gasteiger partial charge in [-0.05, 0) is 24.0 Å². The van der Waals surface area contributed by atoms with Crippen LogP contribution in [0.15, 0.2) is 18.2 Å². The van der Waals surface area contributed by atoms with Crippen LogP contribution in [-0.2, 0) is 5.41 Å². The number of rotatable bonds is 2. The summed E-state index contributed by atoms with van der Waals surface area (Å²) in [6, 6.07) is 5.60. The molecule has 1 unspecified atom stereocenters. The fourth-order valence-electron chi connectivity index (χ4n) is 1.41. The van der Waals surface area contributed by atoms with Gasteiger partial charge < -0.3 is 9.42 Å². The zero-order valence-corrected chi connectivity index (χ0v) is 10.3. The van der Waals surface area contributed by atoms with Crippen LogP contribution in [0.4, 0.5) is 4.20 Å². The quantitative estimate of drug-likeness (QED) is 0.781. The summed E-state index contributed by atoms with van der Waals surface area (Å²) in [4.78, 5) is 8.66. The summed E-state index contributed by atoms with van der Waals surface area (Å²) in [7, 11) is -2.85.